The van der Waals surface area contributed by atoms with E-state index in [1.807, 2.05) is 83.1 Å². The van der Waals surface area contributed by atoms with Crippen molar-refractivity contribution in [1.29, 1.82) is 0 Å². The molecule has 0 bridgehead atoms. The Labute approximate surface area is 255 Å². The number of aryl methyl sites for hydroxylation is 2. The quantitative estimate of drug-likeness (QED) is 0.241. The fourth-order valence-electron chi connectivity index (χ4n) is 4.89. The average Bonchev–Trinajstić information content (AvgIpc) is 2.93. The van der Waals surface area contributed by atoms with Gasteiger partial charge in [0, 0.05) is 17.6 Å². The van der Waals surface area contributed by atoms with Crippen LogP contribution in [0.5, 0.6) is 5.75 Å². The average molecular weight is 588 g/mol. The summed E-state index contributed by atoms with van der Waals surface area (Å²) in [7, 11) is 0. The second-order valence-electron chi connectivity index (χ2n) is 12.5. The summed E-state index contributed by atoms with van der Waals surface area (Å²) in [6.07, 6.45) is -0.0120. The zero-order valence-corrected chi connectivity index (χ0v) is 26.5. The highest BCUT2D eigenvalue weighted by Gasteiger charge is 2.43. The highest BCUT2D eigenvalue weighted by Crippen LogP contribution is 2.34. The van der Waals surface area contributed by atoms with Gasteiger partial charge >= 0.3 is 6.09 Å². The number of phenols is 1. The van der Waals surface area contributed by atoms with Crippen LogP contribution in [0.2, 0.25) is 0 Å². The number of phenolic OH excluding ortho intramolecular Hbond substituents is 1. The molecule has 3 rings (SSSR count). The summed E-state index contributed by atoms with van der Waals surface area (Å²) in [5, 5.41) is 15.9. The minimum atomic E-state index is -1.08. The number of amides is 3. The second kappa shape index (κ2) is 13.8. The number of anilines is 1. The van der Waals surface area contributed by atoms with Crippen molar-refractivity contribution >= 4 is 23.6 Å². The topological polar surface area (TPSA) is 108 Å². The predicted molar refractivity (Wildman–Crippen MR) is 170 cm³/mol. The number of para-hydroxylation sites is 1. The van der Waals surface area contributed by atoms with Crippen LogP contribution in [0.25, 0.3) is 0 Å². The Morgan fingerprint density at radius 2 is 1.44 bits per heavy atom. The van der Waals surface area contributed by atoms with Crippen molar-refractivity contribution in [2.24, 2.45) is 0 Å². The Bertz CT molecular complexity index is 1390. The van der Waals surface area contributed by atoms with Crippen LogP contribution in [0, 0.1) is 13.8 Å². The van der Waals surface area contributed by atoms with Crippen molar-refractivity contribution in [3.05, 3.63) is 95.1 Å². The van der Waals surface area contributed by atoms with Gasteiger partial charge in [0.15, 0.2) is 0 Å². The van der Waals surface area contributed by atoms with Crippen molar-refractivity contribution in [3.8, 4) is 5.75 Å². The van der Waals surface area contributed by atoms with E-state index in [2.05, 4.69) is 10.6 Å². The molecular formula is C35H45N3O5. The van der Waals surface area contributed by atoms with Crippen molar-refractivity contribution in [2.45, 2.75) is 91.5 Å². The van der Waals surface area contributed by atoms with Crippen LogP contribution in [-0.4, -0.2) is 45.1 Å². The molecule has 0 aliphatic rings. The molecule has 8 heteroatoms. The van der Waals surface area contributed by atoms with Gasteiger partial charge in [0.2, 0.25) is 5.91 Å². The van der Waals surface area contributed by atoms with Crippen LogP contribution >= 0.6 is 0 Å². The maximum atomic E-state index is 14.8. The zero-order chi connectivity index (χ0) is 31.9. The lowest BCUT2D eigenvalue weighted by Crippen LogP contribution is -2.59. The van der Waals surface area contributed by atoms with Crippen molar-refractivity contribution in [1.82, 2.24) is 10.2 Å². The molecule has 43 heavy (non-hydrogen) atoms. The third-order valence-electron chi connectivity index (χ3n) is 7.47. The Morgan fingerprint density at radius 1 is 0.860 bits per heavy atom. The van der Waals surface area contributed by atoms with E-state index in [1.165, 1.54) is 12.1 Å². The van der Waals surface area contributed by atoms with Gasteiger partial charge in [-0.15, -0.1) is 0 Å². The largest absolute Gasteiger partial charge is 0.508 e. The van der Waals surface area contributed by atoms with Crippen LogP contribution in [0.1, 0.15) is 76.3 Å². The third-order valence-corrected chi connectivity index (χ3v) is 7.47. The standard InChI is InChI=1S/C35H45N3O5/c1-9-35(7,8)38(32(41)28(22-25-16-11-10-12-17-25)36-33(42)43-34(4,5)6)30(26-18-20-27(39)21-19-26)31(40)37-29-23(2)14-13-15-24(29)3/h10-21,28,30,39H,9,22H2,1-8H3,(H,36,42)(H,37,40). The minimum absolute atomic E-state index is 0.0406. The summed E-state index contributed by atoms with van der Waals surface area (Å²) in [5.41, 5.74) is 2.22. The lowest BCUT2D eigenvalue weighted by molar-refractivity contribution is -0.147. The number of nitrogens with one attached hydrogen (secondary N) is 2. The van der Waals surface area contributed by atoms with Gasteiger partial charge in [0.1, 0.15) is 23.4 Å². The van der Waals surface area contributed by atoms with Crippen LogP contribution in [0.4, 0.5) is 10.5 Å². The molecule has 3 N–H and O–H groups in total. The first-order valence-corrected chi connectivity index (χ1v) is 14.7. The van der Waals surface area contributed by atoms with Crippen LogP contribution in [0.15, 0.2) is 72.8 Å². The Balaban J connectivity index is 2.16. The molecule has 0 fully saturated rings. The molecule has 0 aromatic heterocycles. The van der Waals surface area contributed by atoms with E-state index in [-0.39, 0.29) is 12.2 Å². The van der Waals surface area contributed by atoms with Gasteiger partial charge in [-0.1, -0.05) is 67.6 Å². The van der Waals surface area contributed by atoms with Gasteiger partial charge in [-0.2, -0.15) is 0 Å². The van der Waals surface area contributed by atoms with E-state index >= 15 is 0 Å². The molecule has 8 nitrogen and oxygen atoms in total. The molecule has 3 aromatic rings. The highest BCUT2D eigenvalue weighted by atomic mass is 16.6. The summed E-state index contributed by atoms with van der Waals surface area (Å²) in [6, 6.07) is 19.3. The van der Waals surface area contributed by atoms with E-state index in [4.69, 9.17) is 4.74 Å². The van der Waals surface area contributed by atoms with E-state index < -0.39 is 41.1 Å². The Morgan fingerprint density at radius 3 is 1.98 bits per heavy atom. The number of hydrogen-bond acceptors (Lipinski definition) is 5. The maximum Gasteiger partial charge on any atom is 0.408 e. The summed E-state index contributed by atoms with van der Waals surface area (Å²) in [6.45, 7) is 14.8. The lowest BCUT2D eigenvalue weighted by atomic mass is 9.91. The normalized spacial score (nSPS) is 13.0. The second-order valence-corrected chi connectivity index (χ2v) is 12.5. The number of aromatic hydroxyl groups is 1. The highest BCUT2D eigenvalue weighted by molar-refractivity contribution is 6.00. The van der Waals surface area contributed by atoms with E-state index in [0.717, 1.165) is 16.7 Å². The first-order chi connectivity index (χ1) is 20.1. The molecule has 0 spiro atoms. The summed E-state index contributed by atoms with van der Waals surface area (Å²) in [4.78, 5) is 43.7. The number of rotatable bonds is 10. The Kier molecular flexibility index (Phi) is 10.6. The molecule has 0 radical (unpaired) electrons. The number of hydrogen-bond donors (Lipinski definition) is 3. The zero-order valence-electron chi connectivity index (χ0n) is 26.5. The van der Waals surface area contributed by atoms with Gasteiger partial charge in [-0.05, 0) is 89.3 Å². The van der Waals surface area contributed by atoms with Crippen molar-refractivity contribution in [2.75, 3.05) is 5.32 Å². The molecule has 0 aliphatic heterocycles. The molecular weight excluding hydrogens is 542 g/mol. The number of carbonyl (C=O) groups excluding carboxylic acids is 3. The van der Waals surface area contributed by atoms with Gasteiger partial charge in [0.05, 0.1) is 0 Å². The summed E-state index contributed by atoms with van der Waals surface area (Å²) in [5.74, 6) is -0.802. The predicted octanol–water partition coefficient (Wildman–Crippen LogP) is 6.84. The van der Waals surface area contributed by atoms with Crippen LogP contribution < -0.4 is 10.6 Å². The molecule has 0 saturated heterocycles. The molecule has 230 valence electrons. The molecule has 3 aromatic carbocycles. The number of benzene rings is 3. The van der Waals surface area contributed by atoms with Gasteiger partial charge in [-0.3, -0.25) is 9.59 Å². The molecule has 0 aliphatic carbocycles. The number of ether oxygens (including phenoxy) is 1. The Hall–Kier alpha value is -4.33. The fraction of sp³-hybridized carbons (Fsp3) is 0.400. The number of alkyl carbamates (subject to hydrolysis) is 1. The van der Waals surface area contributed by atoms with E-state index in [0.29, 0.717) is 17.7 Å². The molecule has 2 unspecified atom stereocenters. The van der Waals surface area contributed by atoms with E-state index in [9.17, 15) is 19.5 Å². The molecule has 3 amide bonds. The number of nitrogens with zero attached hydrogens (tertiary/aromatic N) is 1. The maximum absolute atomic E-state index is 14.8. The first-order valence-electron chi connectivity index (χ1n) is 14.7. The van der Waals surface area contributed by atoms with Gasteiger partial charge in [0.25, 0.3) is 5.91 Å². The third kappa shape index (κ3) is 8.83. The number of carbonyl (C=O) groups is 3. The first kappa shape index (κ1) is 33.2. The SMILES string of the molecule is CCC(C)(C)N(C(=O)C(Cc1ccccc1)NC(=O)OC(C)(C)C)C(C(=O)Nc1c(C)cccc1C)c1ccc(O)cc1. The van der Waals surface area contributed by atoms with Crippen molar-refractivity contribution < 1.29 is 24.2 Å². The molecule has 0 saturated carbocycles. The van der Waals surface area contributed by atoms with Crippen LogP contribution in [0.3, 0.4) is 0 Å². The smallest absolute Gasteiger partial charge is 0.408 e. The fourth-order valence-corrected chi connectivity index (χ4v) is 4.89. The summed E-state index contributed by atoms with van der Waals surface area (Å²) >= 11 is 0. The van der Waals surface area contributed by atoms with E-state index in [1.54, 1.807) is 37.8 Å². The lowest BCUT2D eigenvalue weighted by Gasteiger charge is -2.44. The summed E-state index contributed by atoms with van der Waals surface area (Å²) < 4.78 is 5.53. The van der Waals surface area contributed by atoms with Crippen LogP contribution in [-0.2, 0) is 20.7 Å². The minimum Gasteiger partial charge on any atom is -0.508 e. The van der Waals surface area contributed by atoms with Crippen molar-refractivity contribution in [3.63, 3.8) is 0 Å². The molecule has 2 atom stereocenters. The monoisotopic (exact) mass is 587 g/mol. The van der Waals surface area contributed by atoms with Gasteiger partial charge < -0.3 is 25.4 Å². The molecule has 0 heterocycles. The van der Waals surface area contributed by atoms with Gasteiger partial charge in [-0.25, -0.2) is 4.79 Å².